The molecular formula is C16H18N6O. The molecule has 7 heteroatoms. The molecule has 7 nitrogen and oxygen atoms in total. The van der Waals surface area contributed by atoms with Gasteiger partial charge in [0.25, 0.3) is 0 Å². The molecule has 23 heavy (non-hydrogen) atoms. The number of nitrogens with one attached hydrogen (secondary N) is 1. The number of aromatic nitrogens is 5. The molecule has 3 rings (SSSR count). The summed E-state index contributed by atoms with van der Waals surface area (Å²) in [6.07, 6.45) is 4.33. The van der Waals surface area contributed by atoms with Crippen LogP contribution in [0.5, 0.6) is 0 Å². The summed E-state index contributed by atoms with van der Waals surface area (Å²) >= 11 is 0. The number of carbonyl (C=O) groups is 1. The summed E-state index contributed by atoms with van der Waals surface area (Å²) in [6, 6.07) is 5.64. The van der Waals surface area contributed by atoms with Crippen molar-refractivity contribution < 1.29 is 4.79 Å². The van der Waals surface area contributed by atoms with Gasteiger partial charge in [0.15, 0.2) is 5.65 Å². The monoisotopic (exact) mass is 310 g/mol. The van der Waals surface area contributed by atoms with E-state index in [-0.39, 0.29) is 5.91 Å². The summed E-state index contributed by atoms with van der Waals surface area (Å²) in [5, 5.41) is 15.2. The topological polar surface area (TPSA) is 85.1 Å². The van der Waals surface area contributed by atoms with Gasteiger partial charge in [-0.3, -0.25) is 9.78 Å². The highest BCUT2D eigenvalue weighted by molar-refractivity contribution is 5.76. The van der Waals surface area contributed by atoms with Crippen molar-refractivity contribution in [1.82, 2.24) is 30.1 Å². The second kappa shape index (κ2) is 6.51. The molecule has 0 aliphatic rings. The van der Waals surface area contributed by atoms with Gasteiger partial charge in [-0.2, -0.15) is 5.10 Å². The minimum Gasteiger partial charge on any atom is -0.350 e. The average molecular weight is 310 g/mol. The Hall–Kier alpha value is -2.83. The Bertz CT molecular complexity index is 827. The molecule has 3 heterocycles. The number of amides is 1. The van der Waals surface area contributed by atoms with E-state index in [1.165, 1.54) is 0 Å². The van der Waals surface area contributed by atoms with Crippen LogP contribution in [-0.2, 0) is 17.8 Å². The molecule has 1 N–H and O–H groups in total. The van der Waals surface area contributed by atoms with Crippen molar-refractivity contribution in [3.63, 3.8) is 0 Å². The molecule has 0 aromatic carbocycles. The van der Waals surface area contributed by atoms with Gasteiger partial charge in [-0.1, -0.05) is 6.07 Å². The molecule has 0 spiro atoms. The fourth-order valence-electron chi connectivity index (χ4n) is 2.57. The van der Waals surface area contributed by atoms with Gasteiger partial charge in [-0.05, 0) is 38.0 Å². The first-order chi connectivity index (χ1) is 11.1. The van der Waals surface area contributed by atoms with E-state index in [0.717, 1.165) is 28.2 Å². The van der Waals surface area contributed by atoms with Crippen LogP contribution in [0.1, 0.15) is 28.9 Å². The third-order valence-corrected chi connectivity index (χ3v) is 3.81. The van der Waals surface area contributed by atoms with Gasteiger partial charge >= 0.3 is 0 Å². The van der Waals surface area contributed by atoms with E-state index in [2.05, 4.69) is 25.6 Å². The molecule has 0 aliphatic carbocycles. The summed E-state index contributed by atoms with van der Waals surface area (Å²) < 4.78 is 1.66. The first-order valence-electron chi connectivity index (χ1n) is 7.48. The highest BCUT2D eigenvalue weighted by Gasteiger charge is 2.12. The van der Waals surface area contributed by atoms with E-state index in [9.17, 15) is 4.79 Å². The van der Waals surface area contributed by atoms with Crippen molar-refractivity contribution in [3.8, 4) is 0 Å². The SMILES string of the molecule is Cc1nn2cnnc2c(C)c1CCC(=O)NCc1ccccn1. The molecule has 0 radical (unpaired) electrons. The standard InChI is InChI=1S/C16H18N6O/c1-11-14(12(2)21-22-10-19-20-16(11)22)6-7-15(23)18-9-13-5-3-4-8-17-13/h3-5,8,10H,6-7,9H2,1-2H3,(H,18,23). The van der Waals surface area contributed by atoms with Crippen LogP contribution in [0.3, 0.4) is 0 Å². The van der Waals surface area contributed by atoms with Crippen LogP contribution in [0.4, 0.5) is 0 Å². The van der Waals surface area contributed by atoms with Gasteiger partial charge < -0.3 is 5.32 Å². The third-order valence-electron chi connectivity index (χ3n) is 3.81. The highest BCUT2D eigenvalue weighted by atomic mass is 16.1. The molecule has 118 valence electrons. The van der Waals surface area contributed by atoms with E-state index in [4.69, 9.17) is 0 Å². The molecule has 0 aliphatic heterocycles. The van der Waals surface area contributed by atoms with Crippen LogP contribution in [0.2, 0.25) is 0 Å². The molecule has 0 saturated heterocycles. The first-order valence-corrected chi connectivity index (χ1v) is 7.48. The number of hydrogen-bond donors (Lipinski definition) is 1. The molecule has 0 fully saturated rings. The molecule has 0 unspecified atom stereocenters. The first kappa shape index (κ1) is 15.1. The number of pyridine rings is 1. The quantitative estimate of drug-likeness (QED) is 0.769. The third kappa shape index (κ3) is 3.33. The Morgan fingerprint density at radius 1 is 1.30 bits per heavy atom. The Kier molecular flexibility index (Phi) is 4.27. The molecule has 0 saturated carbocycles. The maximum Gasteiger partial charge on any atom is 0.220 e. The van der Waals surface area contributed by atoms with Crippen molar-refractivity contribution in [2.75, 3.05) is 0 Å². The highest BCUT2D eigenvalue weighted by Crippen LogP contribution is 2.17. The van der Waals surface area contributed by atoms with Crippen molar-refractivity contribution in [2.24, 2.45) is 0 Å². The van der Waals surface area contributed by atoms with Crippen LogP contribution in [0.25, 0.3) is 5.65 Å². The van der Waals surface area contributed by atoms with Crippen LogP contribution in [-0.4, -0.2) is 30.7 Å². The number of rotatable bonds is 5. The fraction of sp³-hybridized carbons (Fsp3) is 0.312. The van der Waals surface area contributed by atoms with Crippen molar-refractivity contribution in [3.05, 3.63) is 53.2 Å². The van der Waals surface area contributed by atoms with Crippen LogP contribution >= 0.6 is 0 Å². The lowest BCUT2D eigenvalue weighted by molar-refractivity contribution is -0.121. The van der Waals surface area contributed by atoms with E-state index in [1.54, 1.807) is 17.0 Å². The lowest BCUT2D eigenvalue weighted by Crippen LogP contribution is -2.23. The van der Waals surface area contributed by atoms with Gasteiger partial charge in [-0.25, -0.2) is 4.52 Å². The number of aryl methyl sites for hydroxylation is 2. The minimum absolute atomic E-state index is 0.00390. The summed E-state index contributed by atoms with van der Waals surface area (Å²) in [5.74, 6) is -0.00390. The van der Waals surface area contributed by atoms with Gasteiger partial charge in [0, 0.05) is 18.2 Å². The molecule has 0 atom stereocenters. The minimum atomic E-state index is -0.00390. The summed E-state index contributed by atoms with van der Waals surface area (Å²) in [7, 11) is 0. The molecule has 3 aromatic heterocycles. The summed E-state index contributed by atoms with van der Waals surface area (Å²) in [5.41, 5.74) is 4.55. The maximum atomic E-state index is 12.0. The Morgan fingerprint density at radius 3 is 2.96 bits per heavy atom. The lowest BCUT2D eigenvalue weighted by Gasteiger charge is -2.10. The number of hydrogen-bond acceptors (Lipinski definition) is 5. The Labute approximate surface area is 133 Å². The molecular weight excluding hydrogens is 292 g/mol. The number of nitrogens with zero attached hydrogens (tertiary/aromatic N) is 5. The maximum absolute atomic E-state index is 12.0. The van der Waals surface area contributed by atoms with Crippen LogP contribution in [0.15, 0.2) is 30.7 Å². The van der Waals surface area contributed by atoms with E-state index >= 15 is 0 Å². The lowest BCUT2D eigenvalue weighted by atomic mass is 10.0. The predicted octanol–water partition coefficient (Wildman–Crippen LogP) is 1.39. The van der Waals surface area contributed by atoms with Gasteiger partial charge in [0.05, 0.1) is 17.9 Å². The van der Waals surface area contributed by atoms with Crippen molar-refractivity contribution >= 4 is 11.6 Å². The smallest absolute Gasteiger partial charge is 0.220 e. The molecule has 3 aromatic rings. The number of fused-ring (bicyclic) bond motifs is 1. The average Bonchev–Trinajstić information content (AvgIpc) is 3.02. The predicted molar refractivity (Wildman–Crippen MR) is 84.7 cm³/mol. The van der Waals surface area contributed by atoms with Gasteiger partial charge in [-0.15, -0.1) is 10.2 Å². The Morgan fingerprint density at radius 2 is 2.17 bits per heavy atom. The summed E-state index contributed by atoms with van der Waals surface area (Å²) in [6.45, 7) is 4.37. The largest absolute Gasteiger partial charge is 0.350 e. The second-order valence-electron chi connectivity index (χ2n) is 5.39. The molecule has 0 bridgehead atoms. The second-order valence-corrected chi connectivity index (χ2v) is 5.39. The normalized spacial score (nSPS) is 10.9. The van der Waals surface area contributed by atoms with Crippen molar-refractivity contribution in [1.29, 1.82) is 0 Å². The van der Waals surface area contributed by atoms with Crippen LogP contribution in [0, 0.1) is 13.8 Å². The van der Waals surface area contributed by atoms with Crippen molar-refractivity contribution in [2.45, 2.75) is 33.2 Å². The van der Waals surface area contributed by atoms with E-state index < -0.39 is 0 Å². The molecule has 1 amide bonds. The fourth-order valence-corrected chi connectivity index (χ4v) is 2.57. The van der Waals surface area contributed by atoms with Gasteiger partial charge in [0.1, 0.15) is 6.33 Å². The van der Waals surface area contributed by atoms with E-state index in [1.807, 2.05) is 32.0 Å². The summed E-state index contributed by atoms with van der Waals surface area (Å²) in [4.78, 5) is 16.2. The number of carbonyl (C=O) groups excluding carboxylic acids is 1. The zero-order chi connectivity index (χ0) is 16.2. The zero-order valence-electron chi connectivity index (χ0n) is 13.2. The van der Waals surface area contributed by atoms with E-state index in [0.29, 0.717) is 19.4 Å². The zero-order valence-corrected chi connectivity index (χ0v) is 13.2. The van der Waals surface area contributed by atoms with Crippen LogP contribution < -0.4 is 5.32 Å². The Balaban J connectivity index is 1.63. The van der Waals surface area contributed by atoms with Gasteiger partial charge in [0.2, 0.25) is 5.91 Å².